The van der Waals surface area contributed by atoms with Crippen molar-refractivity contribution >= 4 is 11.6 Å². The summed E-state index contributed by atoms with van der Waals surface area (Å²) in [5.41, 5.74) is 4.41. The van der Waals surface area contributed by atoms with Crippen molar-refractivity contribution < 1.29 is 4.79 Å². The minimum absolute atomic E-state index is 0.175. The Kier molecular flexibility index (Phi) is 5.11. The Balaban J connectivity index is 2.03. The van der Waals surface area contributed by atoms with Gasteiger partial charge in [-0.05, 0) is 51.1 Å². The maximum Gasteiger partial charge on any atom is 0.276 e. The van der Waals surface area contributed by atoms with Gasteiger partial charge in [0.1, 0.15) is 0 Å². The third-order valence-electron chi connectivity index (χ3n) is 3.55. The van der Waals surface area contributed by atoms with Crippen molar-refractivity contribution in [3.05, 3.63) is 46.8 Å². The minimum atomic E-state index is -0.175. The first-order valence-electron chi connectivity index (χ1n) is 7.24. The predicted octanol–water partition coefficient (Wildman–Crippen LogP) is 2.29. The number of nitrogens with zero attached hydrogens (tertiary/aromatic N) is 1. The molecular weight excluding hydrogens is 264 g/mol. The number of aromatic amines is 1. The zero-order chi connectivity index (χ0) is 15.2. The minimum Gasteiger partial charge on any atom is -0.321 e. The van der Waals surface area contributed by atoms with Crippen LogP contribution in [0.15, 0.2) is 24.3 Å². The van der Waals surface area contributed by atoms with Gasteiger partial charge in [0.15, 0.2) is 5.69 Å². The second-order valence-electron chi connectivity index (χ2n) is 5.03. The number of hydrogen-bond acceptors (Lipinski definition) is 3. The summed E-state index contributed by atoms with van der Waals surface area (Å²) in [4.78, 5) is 12.2. The van der Waals surface area contributed by atoms with E-state index in [1.165, 1.54) is 5.56 Å². The number of anilines is 1. The number of nitrogens with one attached hydrogen (secondary N) is 3. The molecule has 5 nitrogen and oxygen atoms in total. The highest BCUT2D eigenvalue weighted by Crippen LogP contribution is 2.14. The summed E-state index contributed by atoms with van der Waals surface area (Å²) < 4.78 is 0. The topological polar surface area (TPSA) is 69.8 Å². The van der Waals surface area contributed by atoms with Crippen molar-refractivity contribution in [2.45, 2.75) is 26.7 Å². The lowest BCUT2D eigenvalue weighted by Gasteiger charge is -2.06. The van der Waals surface area contributed by atoms with Gasteiger partial charge in [0.2, 0.25) is 0 Å². The third kappa shape index (κ3) is 3.70. The molecule has 0 saturated carbocycles. The molecule has 0 unspecified atom stereocenters. The number of amides is 1. The number of aryl methyl sites for hydroxylation is 1. The fourth-order valence-electron chi connectivity index (χ4n) is 2.21. The standard InChI is InChI=1S/C16H22N4O/c1-4-14-11(2)15(20-19-14)16(21)18-13-7-5-12(6-8-13)9-10-17-3/h5-8,17H,4,9-10H2,1-3H3,(H,18,21)(H,19,20). The molecule has 0 fully saturated rings. The van der Waals surface area contributed by atoms with Crippen LogP contribution in [0.3, 0.4) is 0 Å². The first-order chi connectivity index (χ1) is 10.2. The van der Waals surface area contributed by atoms with Crippen LogP contribution in [0.4, 0.5) is 5.69 Å². The molecule has 0 aliphatic rings. The average Bonchev–Trinajstić information content (AvgIpc) is 2.87. The highest BCUT2D eigenvalue weighted by atomic mass is 16.1. The Hall–Kier alpha value is -2.14. The van der Waals surface area contributed by atoms with Crippen molar-refractivity contribution in [2.75, 3.05) is 18.9 Å². The maximum absolute atomic E-state index is 12.2. The molecular formula is C16H22N4O. The summed E-state index contributed by atoms with van der Waals surface area (Å²) in [5, 5.41) is 13.0. The van der Waals surface area contributed by atoms with Crippen molar-refractivity contribution in [2.24, 2.45) is 0 Å². The van der Waals surface area contributed by atoms with Gasteiger partial charge in [0.25, 0.3) is 5.91 Å². The summed E-state index contributed by atoms with van der Waals surface area (Å²) in [6.45, 7) is 4.89. The molecule has 2 aromatic rings. The van der Waals surface area contributed by atoms with E-state index in [1.807, 2.05) is 45.2 Å². The molecule has 0 spiro atoms. The zero-order valence-electron chi connectivity index (χ0n) is 12.8. The number of hydrogen-bond donors (Lipinski definition) is 3. The number of rotatable bonds is 6. The van der Waals surface area contributed by atoms with Gasteiger partial charge in [-0.25, -0.2) is 0 Å². The summed E-state index contributed by atoms with van der Waals surface area (Å²) >= 11 is 0. The Morgan fingerprint density at radius 3 is 2.57 bits per heavy atom. The molecule has 0 atom stereocenters. The molecule has 1 aromatic carbocycles. The number of likely N-dealkylation sites (N-methyl/N-ethyl adjacent to an activating group) is 1. The van der Waals surface area contributed by atoms with Crippen molar-refractivity contribution in [1.82, 2.24) is 15.5 Å². The van der Waals surface area contributed by atoms with Crippen molar-refractivity contribution in [3.63, 3.8) is 0 Å². The van der Waals surface area contributed by atoms with E-state index in [9.17, 15) is 4.79 Å². The molecule has 2 rings (SSSR count). The summed E-state index contributed by atoms with van der Waals surface area (Å²) in [6, 6.07) is 7.90. The number of carbonyl (C=O) groups excluding carboxylic acids is 1. The second-order valence-corrected chi connectivity index (χ2v) is 5.03. The van der Waals surface area contributed by atoms with E-state index < -0.39 is 0 Å². The van der Waals surface area contributed by atoms with Gasteiger partial charge in [0.05, 0.1) is 0 Å². The molecule has 1 heterocycles. The molecule has 1 aromatic heterocycles. The molecule has 0 bridgehead atoms. The maximum atomic E-state index is 12.2. The van der Waals surface area contributed by atoms with Crippen LogP contribution in [0.1, 0.15) is 34.2 Å². The largest absolute Gasteiger partial charge is 0.321 e. The molecule has 21 heavy (non-hydrogen) atoms. The normalized spacial score (nSPS) is 10.6. The van der Waals surface area contributed by atoms with Crippen molar-refractivity contribution in [3.8, 4) is 0 Å². The average molecular weight is 286 g/mol. The zero-order valence-corrected chi connectivity index (χ0v) is 12.8. The molecule has 0 saturated heterocycles. The number of benzene rings is 1. The number of H-pyrrole nitrogens is 1. The van der Waals surface area contributed by atoms with E-state index in [0.29, 0.717) is 5.69 Å². The van der Waals surface area contributed by atoms with Gasteiger partial charge in [-0.15, -0.1) is 0 Å². The Morgan fingerprint density at radius 2 is 2.00 bits per heavy atom. The van der Waals surface area contributed by atoms with Crippen LogP contribution in [0, 0.1) is 6.92 Å². The first-order valence-corrected chi connectivity index (χ1v) is 7.24. The van der Waals surface area contributed by atoms with Crippen LogP contribution < -0.4 is 10.6 Å². The van der Waals surface area contributed by atoms with Gasteiger partial charge in [-0.3, -0.25) is 9.89 Å². The summed E-state index contributed by atoms with van der Waals surface area (Å²) in [6.07, 6.45) is 1.81. The predicted molar refractivity (Wildman–Crippen MR) is 84.7 cm³/mol. The number of aromatic nitrogens is 2. The van der Waals surface area contributed by atoms with Crippen LogP contribution in [0.5, 0.6) is 0 Å². The highest BCUT2D eigenvalue weighted by molar-refractivity contribution is 6.03. The summed E-state index contributed by atoms with van der Waals surface area (Å²) in [5.74, 6) is -0.175. The Morgan fingerprint density at radius 1 is 1.29 bits per heavy atom. The highest BCUT2D eigenvalue weighted by Gasteiger charge is 2.15. The fraction of sp³-hybridized carbons (Fsp3) is 0.375. The second kappa shape index (κ2) is 7.04. The number of carbonyl (C=O) groups is 1. The van der Waals surface area contributed by atoms with Crippen LogP contribution in [0.2, 0.25) is 0 Å². The smallest absolute Gasteiger partial charge is 0.276 e. The van der Waals surface area contributed by atoms with Gasteiger partial charge >= 0.3 is 0 Å². The van der Waals surface area contributed by atoms with E-state index in [1.54, 1.807) is 0 Å². The van der Waals surface area contributed by atoms with Gasteiger partial charge in [-0.1, -0.05) is 19.1 Å². The van der Waals surface area contributed by atoms with Crippen LogP contribution in [-0.2, 0) is 12.8 Å². The molecule has 5 heteroatoms. The van der Waals surface area contributed by atoms with E-state index in [2.05, 4.69) is 20.8 Å². The van der Waals surface area contributed by atoms with E-state index in [4.69, 9.17) is 0 Å². The Bertz CT molecular complexity index is 601. The molecule has 112 valence electrons. The van der Waals surface area contributed by atoms with Crippen LogP contribution in [0.25, 0.3) is 0 Å². The van der Waals surface area contributed by atoms with Gasteiger partial charge in [-0.2, -0.15) is 5.10 Å². The van der Waals surface area contributed by atoms with E-state index in [0.717, 1.165) is 36.3 Å². The molecule has 0 radical (unpaired) electrons. The lowest BCUT2D eigenvalue weighted by molar-refractivity contribution is 0.102. The van der Waals surface area contributed by atoms with E-state index in [-0.39, 0.29) is 5.91 Å². The SMILES string of the molecule is CCc1[nH]nc(C(=O)Nc2ccc(CCNC)cc2)c1C. The van der Waals surface area contributed by atoms with E-state index >= 15 is 0 Å². The van der Waals surface area contributed by atoms with Gasteiger partial charge in [0, 0.05) is 16.9 Å². The Labute approximate surface area is 125 Å². The van der Waals surface area contributed by atoms with Crippen LogP contribution in [-0.4, -0.2) is 29.7 Å². The quantitative estimate of drug-likeness (QED) is 0.763. The van der Waals surface area contributed by atoms with Crippen LogP contribution >= 0.6 is 0 Å². The monoisotopic (exact) mass is 286 g/mol. The molecule has 3 N–H and O–H groups in total. The lowest BCUT2D eigenvalue weighted by Crippen LogP contribution is -2.14. The lowest BCUT2D eigenvalue weighted by atomic mass is 10.1. The fourth-order valence-corrected chi connectivity index (χ4v) is 2.21. The molecule has 0 aliphatic heterocycles. The first kappa shape index (κ1) is 15.3. The summed E-state index contributed by atoms with van der Waals surface area (Å²) in [7, 11) is 1.94. The van der Waals surface area contributed by atoms with Gasteiger partial charge < -0.3 is 10.6 Å². The van der Waals surface area contributed by atoms with Crippen molar-refractivity contribution in [1.29, 1.82) is 0 Å². The third-order valence-corrected chi connectivity index (χ3v) is 3.55. The molecule has 1 amide bonds. The molecule has 0 aliphatic carbocycles.